The molecule has 5 nitrogen and oxygen atoms in total. The van der Waals surface area contributed by atoms with Crippen molar-refractivity contribution < 1.29 is 22.8 Å². The number of halogens is 3. The lowest BCUT2D eigenvalue weighted by atomic mass is 10.0. The SMILES string of the molecule is O=C(CCC1CCCC1)N1CCCN(C(=O)Nc2ccc(C(F)(F)F)cc2)CC1. The van der Waals surface area contributed by atoms with E-state index in [2.05, 4.69) is 5.32 Å². The number of anilines is 1. The van der Waals surface area contributed by atoms with Gasteiger partial charge in [-0.1, -0.05) is 25.7 Å². The average molecular weight is 411 g/mol. The van der Waals surface area contributed by atoms with Gasteiger partial charge in [0.05, 0.1) is 5.56 Å². The van der Waals surface area contributed by atoms with Crippen LogP contribution in [0.3, 0.4) is 0 Å². The molecule has 1 aliphatic carbocycles. The third-order valence-electron chi connectivity index (χ3n) is 5.84. The Morgan fingerprint density at radius 2 is 1.55 bits per heavy atom. The molecule has 0 bridgehead atoms. The van der Waals surface area contributed by atoms with Gasteiger partial charge in [-0.15, -0.1) is 0 Å². The van der Waals surface area contributed by atoms with Gasteiger partial charge in [-0.05, 0) is 43.0 Å². The first-order chi connectivity index (χ1) is 13.8. The summed E-state index contributed by atoms with van der Waals surface area (Å²) in [5.41, 5.74) is -0.436. The van der Waals surface area contributed by atoms with Gasteiger partial charge in [0.15, 0.2) is 0 Å². The number of nitrogens with zero attached hydrogens (tertiary/aromatic N) is 2. The molecule has 1 aliphatic heterocycles. The highest BCUT2D eigenvalue weighted by atomic mass is 19.4. The van der Waals surface area contributed by atoms with Crippen LogP contribution in [0.5, 0.6) is 0 Å². The van der Waals surface area contributed by atoms with Gasteiger partial charge in [-0.25, -0.2) is 4.79 Å². The van der Waals surface area contributed by atoms with Gasteiger partial charge in [0.2, 0.25) is 5.91 Å². The van der Waals surface area contributed by atoms with Gasteiger partial charge < -0.3 is 15.1 Å². The number of nitrogens with one attached hydrogen (secondary N) is 1. The zero-order chi connectivity index (χ0) is 20.9. The van der Waals surface area contributed by atoms with Crippen LogP contribution in [-0.2, 0) is 11.0 Å². The Balaban J connectivity index is 1.46. The normalized spacial score (nSPS) is 18.6. The highest BCUT2D eigenvalue weighted by Crippen LogP contribution is 2.30. The number of carbonyl (C=O) groups is 2. The van der Waals surface area contributed by atoms with E-state index < -0.39 is 11.7 Å². The summed E-state index contributed by atoms with van der Waals surface area (Å²) in [5, 5.41) is 2.64. The average Bonchev–Trinajstić information content (AvgIpc) is 3.08. The van der Waals surface area contributed by atoms with Crippen LogP contribution in [-0.4, -0.2) is 47.9 Å². The highest BCUT2D eigenvalue weighted by molar-refractivity contribution is 5.89. The fourth-order valence-corrected chi connectivity index (χ4v) is 4.10. The quantitative estimate of drug-likeness (QED) is 0.778. The monoisotopic (exact) mass is 411 g/mol. The Morgan fingerprint density at radius 1 is 0.931 bits per heavy atom. The summed E-state index contributed by atoms with van der Waals surface area (Å²) in [7, 11) is 0. The summed E-state index contributed by atoms with van der Waals surface area (Å²) in [5.74, 6) is 0.832. The smallest absolute Gasteiger partial charge is 0.341 e. The van der Waals surface area contributed by atoms with Crippen LogP contribution in [0, 0.1) is 5.92 Å². The second-order valence-corrected chi connectivity index (χ2v) is 7.92. The van der Waals surface area contributed by atoms with Gasteiger partial charge in [-0.3, -0.25) is 4.79 Å². The van der Waals surface area contributed by atoms with Crippen molar-refractivity contribution in [3.8, 4) is 0 Å². The molecule has 3 amide bonds. The van der Waals surface area contributed by atoms with Gasteiger partial charge >= 0.3 is 12.2 Å². The minimum Gasteiger partial charge on any atom is -0.341 e. The minimum absolute atomic E-state index is 0.155. The first-order valence-electron chi connectivity index (χ1n) is 10.3. The molecule has 1 N–H and O–H groups in total. The minimum atomic E-state index is -4.40. The predicted octanol–water partition coefficient (Wildman–Crippen LogP) is 4.74. The third kappa shape index (κ3) is 6.11. The number of carbonyl (C=O) groups excluding carboxylic acids is 2. The lowest BCUT2D eigenvalue weighted by molar-refractivity contribution is -0.137. The molecule has 0 unspecified atom stereocenters. The van der Waals surface area contributed by atoms with Crippen LogP contribution in [0.25, 0.3) is 0 Å². The summed E-state index contributed by atoms with van der Waals surface area (Å²) < 4.78 is 37.9. The number of rotatable bonds is 4. The molecule has 1 heterocycles. The van der Waals surface area contributed by atoms with Crippen molar-refractivity contribution in [2.75, 3.05) is 31.5 Å². The Morgan fingerprint density at radius 3 is 2.21 bits per heavy atom. The maximum absolute atomic E-state index is 12.6. The van der Waals surface area contributed by atoms with E-state index in [4.69, 9.17) is 0 Å². The standard InChI is InChI=1S/C21H28F3N3O2/c22-21(23,24)17-7-9-18(10-8-17)25-20(29)27-13-3-12-26(14-15-27)19(28)11-6-16-4-1-2-5-16/h7-10,16H,1-6,11-15H2,(H,25,29). The van der Waals surface area contributed by atoms with E-state index in [1.54, 1.807) is 4.90 Å². The maximum atomic E-state index is 12.6. The van der Waals surface area contributed by atoms with E-state index in [0.29, 0.717) is 50.6 Å². The van der Waals surface area contributed by atoms with Crippen LogP contribution in [0.15, 0.2) is 24.3 Å². The molecule has 1 aromatic rings. The predicted molar refractivity (Wildman–Crippen MR) is 104 cm³/mol. The van der Waals surface area contributed by atoms with Crippen LogP contribution in [0.2, 0.25) is 0 Å². The van der Waals surface area contributed by atoms with Crippen molar-refractivity contribution in [2.24, 2.45) is 5.92 Å². The van der Waals surface area contributed by atoms with E-state index in [9.17, 15) is 22.8 Å². The van der Waals surface area contributed by atoms with Crippen LogP contribution in [0.1, 0.15) is 50.5 Å². The molecule has 0 radical (unpaired) electrons. The molecular weight excluding hydrogens is 383 g/mol. The lowest BCUT2D eigenvalue weighted by Crippen LogP contribution is -2.39. The molecule has 1 saturated carbocycles. The van der Waals surface area contributed by atoms with E-state index in [0.717, 1.165) is 18.6 Å². The highest BCUT2D eigenvalue weighted by Gasteiger charge is 2.30. The number of hydrogen-bond donors (Lipinski definition) is 1. The Kier molecular flexibility index (Phi) is 7.03. The Hall–Kier alpha value is -2.25. The fourth-order valence-electron chi connectivity index (χ4n) is 4.10. The molecule has 160 valence electrons. The van der Waals surface area contributed by atoms with Crippen molar-refractivity contribution in [3.05, 3.63) is 29.8 Å². The summed E-state index contributed by atoms with van der Waals surface area (Å²) in [4.78, 5) is 28.4. The van der Waals surface area contributed by atoms with Gasteiger partial charge in [-0.2, -0.15) is 13.2 Å². The zero-order valence-corrected chi connectivity index (χ0v) is 16.5. The molecule has 0 atom stereocenters. The Labute approximate surface area is 169 Å². The molecule has 1 saturated heterocycles. The largest absolute Gasteiger partial charge is 0.416 e. The van der Waals surface area contributed by atoms with Gasteiger partial charge in [0.25, 0.3) is 0 Å². The summed E-state index contributed by atoms with van der Waals surface area (Å²) in [6.07, 6.45) is 2.81. The number of amides is 3. The number of urea groups is 1. The van der Waals surface area contributed by atoms with E-state index >= 15 is 0 Å². The number of alkyl halides is 3. The maximum Gasteiger partial charge on any atom is 0.416 e. The number of hydrogen-bond acceptors (Lipinski definition) is 2. The molecule has 2 fully saturated rings. The van der Waals surface area contributed by atoms with Crippen molar-refractivity contribution in [1.82, 2.24) is 9.80 Å². The molecular formula is C21H28F3N3O2. The molecule has 0 spiro atoms. The third-order valence-corrected chi connectivity index (χ3v) is 5.84. The second kappa shape index (κ2) is 9.50. The van der Waals surface area contributed by atoms with Crippen molar-refractivity contribution in [2.45, 2.75) is 51.1 Å². The van der Waals surface area contributed by atoms with Crippen molar-refractivity contribution in [3.63, 3.8) is 0 Å². The number of benzene rings is 1. The van der Waals surface area contributed by atoms with Crippen LogP contribution >= 0.6 is 0 Å². The van der Waals surface area contributed by atoms with E-state index in [-0.39, 0.29) is 11.9 Å². The lowest BCUT2D eigenvalue weighted by Gasteiger charge is -2.23. The van der Waals surface area contributed by atoms with Crippen molar-refractivity contribution in [1.29, 1.82) is 0 Å². The molecule has 3 rings (SSSR count). The topological polar surface area (TPSA) is 52.7 Å². The second-order valence-electron chi connectivity index (χ2n) is 7.92. The molecule has 2 aliphatic rings. The van der Waals surface area contributed by atoms with E-state index in [1.165, 1.54) is 37.8 Å². The summed E-state index contributed by atoms with van der Waals surface area (Å²) >= 11 is 0. The Bertz CT molecular complexity index is 700. The molecule has 8 heteroatoms. The first-order valence-corrected chi connectivity index (χ1v) is 10.3. The summed E-state index contributed by atoms with van der Waals surface area (Å²) in [6.45, 7) is 2.05. The van der Waals surface area contributed by atoms with Gasteiger partial charge in [0.1, 0.15) is 0 Å². The fraction of sp³-hybridized carbons (Fsp3) is 0.619. The zero-order valence-electron chi connectivity index (χ0n) is 16.5. The van der Waals surface area contributed by atoms with Crippen molar-refractivity contribution >= 4 is 17.6 Å². The van der Waals surface area contributed by atoms with Crippen LogP contribution in [0.4, 0.5) is 23.7 Å². The van der Waals surface area contributed by atoms with Gasteiger partial charge in [0, 0.05) is 38.3 Å². The van der Waals surface area contributed by atoms with E-state index in [1.807, 2.05) is 4.90 Å². The molecule has 0 aromatic heterocycles. The van der Waals surface area contributed by atoms with Crippen LogP contribution < -0.4 is 5.32 Å². The molecule has 1 aromatic carbocycles. The summed E-state index contributed by atoms with van der Waals surface area (Å²) in [6, 6.07) is 4.03. The molecule has 29 heavy (non-hydrogen) atoms. The first kappa shape index (κ1) is 21.5.